The SMILES string of the molecule is Cc1oc(=O)oc1COP(=O)(OCOC(O)n1cc(CCN(C)C)c2ccccc21)OCc1oc(=O)oc1C. The fraction of sp³-hybridized carbons (Fsp3) is 0.417. The minimum absolute atomic E-state index is 0.0385. The van der Waals surface area contributed by atoms with Gasteiger partial charge < -0.3 is 32.4 Å². The molecule has 3 aromatic heterocycles. The molecule has 1 aromatic carbocycles. The molecular weight excluding hydrogens is 539 g/mol. The molecule has 4 rings (SSSR count). The third-order valence-corrected chi connectivity index (χ3v) is 7.01. The fourth-order valence-corrected chi connectivity index (χ4v) is 4.60. The van der Waals surface area contributed by atoms with Crippen molar-refractivity contribution in [1.29, 1.82) is 0 Å². The van der Waals surface area contributed by atoms with Gasteiger partial charge >= 0.3 is 19.5 Å². The van der Waals surface area contributed by atoms with Gasteiger partial charge in [0, 0.05) is 18.1 Å². The van der Waals surface area contributed by atoms with Crippen molar-refractivity contribution in [3.63, 3.8) is 0 Å². The van der Waals surface area contributed by atoms with Gasteiger partial charge in [0.05, 0.1) is 5.52 Å². The fourth-order valence-electron chi connectivity index (χ4n) is 3.64. The standard InChI is InChI=1S/C24H29N2O12P/c1-15-20(37-23(28)35-15)12-32-39(30,33-13-21-16(2)36-24(29)38-21)34-14-31-22(27)26-11-17(9-10-25(3)4)18-7-5-6-8-19(18)26/h5-8,11,22,27H,9-10,12-14H2,1-4H3. The lowest BCUT2D eigenvalue weighted by molar-refractivity contribution is -0.190. The first-order valence-electron chi connectivity index (χ1n) is 11.8. The molecule has 39 heavy (non-hydrogen) atoms. The lowest BCUT2D eigenvalue weighted by atomic mass is 10.1. The van der Waals surface area contributed by atoms with E-state index in [9.17, 15) is 19.3 Å². The number of hydrogen-bond donors (Lipinski definition) is 1. The predicted molar refractivity (Wildman–Crippen MR) is 134 cm³/mol. The van der Waals surface area contributed by atoms with Gasteiger partial charge in [-0.3, -0.25) is 18.1 Å². The van der Waals surface area contributed by atoms with Crippen LogP contribution in [-0.2, 0) is 42.5 Å². The van der Waals surface area contributed by atoms with Gasteiger partial charge in [0.15, 0.2) is 18.3 Å². The molecule has 1 N–H and O–H groups in total. The maximum absolute atomic E-state index is 13.3. The number of aliphatic hydroxyl groups excluding tert-OH is 1. The summed E-state index contributed by atoms with van der Waals surface area (Å²) in [5.41, 5.74) is 1.74. The number of phosphoric acid groups is 1. The lowest BCUT2D eigenvalue weighted by Gasteiger charge is -2.19. The van der Waals surface area contributed by atoms with Gasteiger partial charge in [-0.25, -0.2) is 14.2 Å². The third-order valence-electron chi connectivity index (χ3n) is 5.70. The Labute approximate surface area is 221 Å². The largest absolute Gasteiger partial charge is 0.519 e. The van der Waals surface area contributed by atoms with E-state index in [1.165, 1.54) is 18.4 Å². The number of aromatic nitrogens is 1. The van der Waals surface area contributed by atoms with Crippen LogP contribution in [0.1, 0.15) is 35.0 Å². The van der Waals surface area contributed by atoms with Crippen molar-refractivity contribution in [3.8, 4) is 0 Å². The molecule has 0 aliphatic rings. The van der Waals surface area contributed by atoms with Crippen molar-refractivity contribution in [2.75, 3.05) is 27.4 Å². The number of para-hydroxylation sites is 1. The molecule has 4 aromatic rings. The summed E-state index contributed by atoms with van der Waals surface area (Å²) in [5.74, 6) is -1.78. The van der Waals surface area contributed by atoms with Crippen molar-refractivity contribution < 1.29 is 45.6 Å². The molecule has 0 saturated carbocycles. The summed E-state index contributed by atoms with van der Waals surface area (Å²) in [5, 5.41) is 11.7. The Morgan fingerprint density at radius 2 is 1.54 bits per heavy atom. The highest BCUT2D eigenvalue weighted by atomic mass is 31.2. The molecule has 0 saturated heterocycles. The Hall–Kier alpha value is -3.23. The minimum atomic E-state index is -4.44. The number of rotatable bonds is 14. The number of ether oxygens (including phenoxy) is 1. The molecule has 0 amide bonds. The molecule has 14 nitrogen and oxygen atoms in total. The van der Waals surface area contributed by atoms with Crippen LogP contribution in [0.5, 0.6) is 0 Å². The van der Waals surface area contributed by atoms with Crippen LogP contribution in [0.2, 0.25) is 0 Å². The maximum Gasteiger partial charge on any atom is 0.519 e. The normalized spacial score (nSPS) is 13.1. The van der Waals surface area contributed by atoms with Crippen LogP contribution in [0, 0.1) is 13.8 Å². The van der Waals surface area contributed by atoms with Crippen molar-refractivity contribution >= 4 is 18.7 Å². The van der Waals surface area contributed by atoms with Crippen LogP contribution >= 0.6 is 7.82 Å². The Morgan fingerprint density at radius 1 is 0.949 bits per heavy atom. The number of phosphoric ester groups is 1. The van der Waals surface area contributed by atoms with Gasteiger partial charge in [0.2, 0.25) is 6.41 Å². The molecule has 0 bridgehead atoms. The lowest BCUT2D eigenvalue weighted by Crippen LogP contribution is -2.15. The van der Waals surface area contributed by atoms with E-state index in [1.807, 2.05) is 38.4 Å². The predicted octanol–water partition coefficient (Wildman–Crippen LogP) is 3.44. The van der Waals surface area contributed by atoms with E-state index in [2.05, 4.69) is 4.90 Å². The quantitative estimate of drug-likeness (QED) is 0.174. The summed E-state index contributed by atoms with van der Waals surface area (Å²) in [6, 6.07) is 7.52. The third kappa shape index (κ3) is 7.25. The van der Waals surface area contributed by atoms with Crippen LogP contribution in [0.3, 0.4) is 0 Å². The molecule has 1 atom stereocenters. The van der Waals surface area contributed by atoms with Gasteiger partial charge in [-0.05, 0) is 46.0 Å². The average Bonchev–Trinajstić information content (AvgIpc) is 3.53. The number of likely N-dealkylation sites (N-methyl/N-ethyl adjacent to an activating group) is 1. The Bertz CT molecular complexity index is 1500. The zero-order valence-electron chi connectivity index (χ0n) is 21.8. The Kier molecular flexibility index (Phi) is 9.08. The smallest absolute Gasteiger partial charge is 0.396 e. The van der Waals surface area contributed by atoms with E-state index in [-0.39, 0.29) is 23.0 Å². The average molecular weight is 568 g/mol. The second-order valence-corrected chi connectivity index (χ2v) is 10.4. The highest BCUT2D eigenvalue weighted by molar-refractivity contribution is 7.48. The van der Waals surface area contributed by atoms with E-state index in [0.29, 0.717) is 0 Å². The highest BCUT2D eigenvalue weighted by Gasteiger charge is 2.30. The monoisotopic (exact) mass is 568 g/mol. The second kappa shape index (κ2) is 12.3. The first-order chi connectivity index (χ1) is 18.5. The topological polar surface area (TPSA) is 169 Å². The summed E-state index contributed by atoms with van der Waals surface area (Å²) < 4.78 is 55.3. The summed E-state index contributed by atoms with van der Waals surface area (Å²) in [6.07, 6.45) is 1.02. The van der Waals surface area contributed by atoms with Crippen LogP contribution in [0.25, 0.3) is 10.9 Å². The van der Waals surface area contributed by atoms with Crippen molar-refractivity contribution in [2.24, 2.45) is 0 Å². The van der Waals surface area contributed by atoms with E-state index in [1.54, 1.807) is 6.20 Å². The first-order valence-corrected chi connectivity index (χ1v) is 13.3. The van der Waals surface area contributed by atoms with Gasteiger partial charge in [-0.15, -0.1) is 0 Å². The van der Waals surface area contributed by atoms with E-state index >= 15 is 0 Å². The summed E-state index contributed by atoms with van der Waals surface area (Å²) >= 11 is 0. The number of benzene rings is 1. The second-order valence-electron chi connectivity index (χ2n) is 8.73. The molecule has 0 aliphatic heterocycles. The van der Waals surface area contributed by atoms with Gasteiger partial charge in [0.1, 0.15) is 24.7 Å². The molecule has 212 valence electrons. The molecule has 0 fully saturated rings. The van der Waals surface area contributed by atoms with Gasteiger partial charge in [0.25, 0.3) is 0 Å². The number of aliphatic hydroxyl groups is 1. The summed E-state index contributed by atoms with van der Waals surface area (Å²) in [4.78, 5) is 24.7. The van der Waals surface area contributed by atoms with Crippen LogP contribution in [0.15, 0.2) is 57.7 Å². The summed E-state index contributed by atoms with van der Waals surface area (Å²) in [7, 11) is -0.498. The number of aryl methyl sites for hydroxylation is 2. The molecule has 3 heterocycles. The van der Waals surface area contributed by atoms with Gasteiger partial charge in [-0.1, -0.05) is 18.2 Å². The van der Waals surface area contributed by atoms with E-state index in [0.717, 1.165) is 29.4 Å². The van der Waals surface area contributed by atoms with E-state index < -0.39 is 45.9 Å². The molecule has 0 aliphatic carbocycles. The minimum Gasteiger partial charge on any atom is -0.396 e. The molecule has 15 heteroatoms. The number of hydrogen-bond acceptors (Lipinski definition) is 13. The molecule has 0 radical (unpaired) electrons. The molecular formula is C24H29N2O12P. The van der Waals surface area contributed by atoms with Crippen molar-refractivity contribution in [1.82, 2.24) is 9.47 Å². The van der Waals surface area contributed by atoms with Crippen LogP contribution in [0.4, 0.5) is 0 Å². The zero-order chi connectivity index (χ0) is 28.2. The highest BCUT2D eigenvalue weighted by Crippen LogP contribution is 2.51. The number of nitrogens with zero attached hydrogens (tertiary/aromatic N) is 2. The van der Waals surface area contributed by atoms with Crippen molar-refractivity contribution in [2.45, 2.75) is 39.9 Å². The van der Waals surface area contributed by atoms with Crippen LogP contribution < -0.4 is 11.6 Å². The Balaban J connectivity index is 1.45. The van der Waals surface area contributed by atoms with Crippen LogP contribution in [-0.4, -0.2) is 42.0 Å². The summed E-state index contributed by atoms with van der Waals surface area (Å²) in [6.45, 7) is 1.96. The maximum atomic E-state index is 13.3. The molecule has 0 spiro atoms. The van der Waals surface area contributed by atoms with Gasteiger partial charge in [-0.2, -0.15) is 0 Å². The number of fused-ring (bicyclic) bond motifs is 1. The first kappa shape index (κ1) is 28.8. The van der Waals surface area contributed by atoms with Crippen molar-refractivity contribution in [3.05, 3.63) is 80.3 Å². The Morgan fingerprint density at radius 3 is 2.08 bits per heavy atom. The van der Waals surface area contributed by atoms with E-state index in [4.69, 9.17) is 36.0 Å². The zero-order valence-corrected chi connectivity index (χ0v) is 22.7. The molecule has 1 unspecified atom stereocenters.